The van der Waals surface area contributed by atoms with Crippen molar-refractivity contribution in [1.82, 2.24) is 5.32 Å². The zero-order valence-corrected chi connectivity index (χ0v) is 32.3. The summed E-state index contributed by atoms with van der Waals surface area (Å²) < 4.78 is 6.05. The van der Waals surface area contributed by atoms with Crippen LogP contribution in [0.3, 0.4) is 0 Å². The summed E-state index contributed by atoms with van der Waals surface area (Å²) >= 11 is 0. The van der Waals surface area contributed by atoms with Crippen LogP contribution >= 0.6 is 0 Å². The van der Waals surface area contributed by atoms with Gasteiger partial charge in [0.2, 0.25) is 0 Å². The van der Waals surface area contributed by atoms with Gasteiger partial charge in [-0.1, -0.05) is 111 Å². The van der Waals surface area contributed by atoms with Gasteiger partial charge in [0, 0.05) is 6.54 Å². The molecule has 0 aromatic carbocycles. The van der Waals surface area contributed by atoms with Gasteiger partial charge in [-0.2, -0.15) is 0 Å². The Balaban J connectivity index is 1.05. The molecule has 0 aliphatic heterocycles. The van der Waals surface area contributed by atoms with E-state index < -0.39 is 0 Å². The van der Waals surface area contributed by atoms with E-state index in [0.717, 1.165) is 55.4 Å². The van der Waals surface area contributed by atoms with Crippen molar-refractivity contribution < 1.29 is 9.53 Å². The molecule has 1 amide bonds. The van der Waals surface area contributed by atoms with Gasteiger partial charge in [0.1, 0.15) is 6.10 Å². The molecule has 47 heavy (non-hydrogen) atoms. The smallest absolute Gasteiger partial charge is 0.407 e. The first-order valence-electron chi connectivity index (χ1n) is 21.2. The monoisotopic (exact) mass is 654 g/mol. The summed E-state index contributed by atoms with van der Waals surface area (Å²) in [7, 11) is 0. The van der Waals surface area contributed by atoms with Gasteiger partial charge in [-0.05, 0) is 149 Å². The number of carbonyl (C=O) groups is 1. The van der Waals surface area contributed by atoms with Crippen molar-refractivity contribution >= 4 is 6.09 Å². The number of ether oxygens (including phenoxy) is 1. The Bertz CT molecular complexity index is 936. The van der Waals surface area contributed by atoms with E-state index in [-0.39, 0.29) is 12.2 Å². The number of rotatable bonds is 19. The van der Waals surface area contributed by atoms with E-state index in [0.29, 0.717) is 16.2 Å². The van der Waals surface area contributed by atoms with Crippen LogP contribution in [0, 0.1) is 45.8 Å². The summed E-state index contributed by atoms with van der Waals surface area (Å²) in [5, 5.41) is 3.09. The third-order valence-electron chi connectivity index (χ3n) is 14.3. The van der Waals surface area contributed by atoms with E-state index in [2.05, 4.69) is 59.0 Å². The Morgan fingerprint density at radius 2 is 1.36 bits per heavy atom. The van der Waals surface area contributed by atoms with Crippen molar-refractivity contribution in [1.29, 1.82) is 0 Å². The van der Waals surface area contributed by atoms with Crippen molar-refractivity contribution in [2.24, 2.45) is 45.8 Å². The summed E-state index contributed by atoms with van der Waals surface area (Å²) in [4.78, 5) is 12.7. The van der Waals surface area contributed by atoms with Crippen LogP contribution in [0.25, 0.3) is 0 Å². The molecule has 0 aromatic heterocycles. The summed E-state index contributed by atoms with van der Waals surface area (Å²) in [5.41, 5.74) is 1.49. The maximum absolute atomic E-state index is 12.7. The van der Waals surface area contributed by atoms with E-state index in [4.69, 9.17) is 4.74 Å². The van der Waals surface area contributed by atoms with Crippen LogP contribution < -0.4 is 5.32 Å². The molecule has 4 aliphatic rings. The fourth-order valence-electron chi connectivity index (χ4n) is 11.3. The first-order chi connectivity index (χ1) is 22.6. The molecule has 5 unspecified atom stereocenters. The number of alkyl carbamates (subject to hydrolysis) is 1. The Kier molecular flexibility index (Phi) is 15.6. The average Bonchev–Trinajstić information content (AvgIpc) is 3.37. The van der Waals surface area contributed by atoms with Crippen LogP contribution in [0.1, 0.15) is 202 Å². The summed E-state index contributed by atoms with van der Waals surface area (Å²) in [6.45, 7) is 15.7. The number of allylic oxidation sites excluding steroid dienone is 2. The topological polar surface area (TPSA) is 38.3 Å². The Hall–Kier alpha value is -0.990. The lowest BCUT2D eigenvalue weighted by atomic mass is 9.44. The lowest BCUT2D eigenvalue weighted by Gasteiger charge is -2.61. The second-order valence-electron chi connectivity index (χ2n) is 18.7. The minimum atomic E-state index is -0.166. The summed E-state index contributed by atoms with van der Waals surface area (Å²) in [5.74, 6) is 4.45. The van der Waals surface area contributed by atoms with Crippen LogP contribution in [0.5, 0.6) is 0 Å². The number of hydrogen-bond acceptors (Lipinski definition) is 2. The van der Waals surface area contributed by atoms with E-state index in [1.54, 1.807) is 0 Å². The first kappa shape index (κ1) is 38.8. The average molecular weight is 654 g/mol. The number of carbonyl (C=O) groups excluding carboxylic acids is 1. The molecule has 1 N–H and O–H groups in total. The third-order valence-corrected chi connectivity index (χ3v) is 14.3. The molecule has 3 nitrogen and oxygen atoms in total. The normalized spacial score (nSPS) is 33.7. The van der Waals surface area contributed by atoms with Gasteiger partial charge in [0.25, 0.3) is 0 Å². The molecule has 0 spiro atoms. The highest BCUT2D eigenvalue weighted by Gasteiger charge is 2.60. The second kappa shape index (κ2) is 18.8. The molecule has 0 aromatic rings. The minimum Gasteiger partial charge on any atom is -0.446 e. The maximum Gasteiger partial charge on any atom is 0.407 e. The molecule has 0 bridgehead atoms. The van der Waals surface area contributed by atoms with Crippen molar-refractivity contribution in [3.05, 3.63) is 12.2 Å². The van der Waals surface area contributed by atoms with Crippen LogP contribution in [-0.4, -0.2) is 18.7 Å². The highest BCUT2D eigenvalue weighted by Crippen LogP contribution is 2.68. The van der Waals surface area contributed by atoms with E-state index in [1.807, 2.05) is 0 Å². The summed E-state index contributed by atoms with van der Waals surface area (Å²) in [6.07, 6.45) is 38.0. The fourth-order valence-corrected chi connectivity index (χ4v) is 11.3. The van der Waals surface area contributed by atoms with Gasteiger partial charge in [-0.25, -0.2) is 4.79 Å². The number of nitrogens with one attached hydrogen (secondary N) is 1. The lowest BCUT2D eigenvalue weighted by molar-refractivity contribution is -0.127. The predicted octanol–water partition coefficient (Wildman–Crippen LogP) is 13.6. The maximum atomic E-state index is 12.7. The van der Waals surface area contributed by atoms with Crippen molar-refractivity contribution in [3.8, 4) is 0 Å². The molecule has 0 radical (unpaired) electrons. The number of unbranched alkanes of at least 4 members (excludes halogenated alkanes) is 12. The second-order valence-corrected chi connectivity index (χ2v) is 18.7. The Morgan fingerprint density at radius 3 is 2.04 bits per heavy atom. The molecule has 4 fully saturated rings. The molecular formula is C44H79NO2. The first-order valence-corrected chi connectivity index (χ1v) is 21.2. The SMILES string of the molecule is CCCCCCCC/C=C\CCCCCCCCNC(=O)O[C@@H]1CC[C@@]2(C)C(CCC3C2CC[C@]2(C)C(CCC(C)(C)C)CCC32)C1. The number of hydrogen-bond donors (Lipinski definition) is 1. The zero-order valence-electron chi connectivity index (χ0n) is 32.3. The highest BCUT2D eigenvalue weighted by molar-refractivity contribution is 5.67. The third kappa shape index (κ3) is 11.3. The van der Waals surface area contributed by atoms with Gasteiger partial charge in [-0.3, -0.25) is 0 Å². The Labute approximate surface area is 293 Å². The molecule has 0 saturated heterocycles. The zero-order chi connectivity index (χ0) is 33.8. The summed E-state index contributed by atoms with van der Waals surface area (Å²) in [6, 6.07) is 0. The lowest BCUT2D eigenvalue weighted by Crippen LogP contribution is -2.54. The molecule has 8 atom stereocenters. The molecule has 272 valence electrons. The van der Waals surface area contributed by atoms with Gasteiger partial charge in [0.05, 0.1) is 0 Å². The molecule has 3 heteroatoms. The van der Waals surface area contributed by atoms with Gasteiger partial charge in [-0.15, -0.1) is 0 Å². The number of amides is 1. The minimum absolute atomic E-state index is 0.117. The van der Waals surface area contributed by atoms with Crippen LogP contribution in [0.4, 0.5) is 4.79 Å². The van der Waals surface area contributed by atoms with Gasteiger partial charge in [0.15, 0.2) is 0 Å². The van der Waals surface area contributed by atoms with E-state index in [9.17, 15) is 4.79 Å². The molecule has 4 saturated carbocycles. The largest absolute Gasteiger partial charge is 0.446 e. The van der Waals surface area contributed by atoms with E-state index in [1.165, 1.54) is 141 Å². The van der Waals surface area contributed by atoms with Crippen LogP contribution in [-0.2, 0) is 4.74 Å². The quantitative estimate of drug-likeness (QED) is 0.111. The number of fused-ring (bicyclic) bond motifs is 5. The van der Waals surface area contributed by atoms with Crippen molar-refractivity contribution in [2.75, 3.05) is 6.54 Å². The standard InChI is InChI=1S/C44H79NO2/c1-7-8-9-10-11-12-13-14-15-16-17-18-19-20-21-22-33-45-41(46)47-37-28-31-44(6)36(34-37)23-25-38-39-26-24-35(27-30-42(2,3)4)43(39,5)32-29-40(38)44/h14-15,35-40H,7-13,16-34H2,1-6H3,(H,45,46)/b15-14-/t35?,36?,37-,38?,39?,40?,43-,44+/m1/s1. The van der Waals surface area contributed by atoms with E-state index >= 15 is 0 Å². The highest BCUT2D eigenvalue weighted by atomic mass is 16.6. The van der Waals surface area contributed by atoms with Crippen LogP contribution in [0.15, 0.2) is 12.2 Å². The fraction of sp³-hybridized carbons (Fsp3) is 0.932. The van der Waals surface area contributed by atoms with Crippen molar-refractivity contribution in [3.63, 3.8) is 0 Å². The predicted molar refractivity (Wildman–Crippen MR) is 202 cm³/mol. The van der Waals surface area contributed by atoms with Crippen LogP contribution in [0.2, 0.25) is 0 Å². The molecule has 0 heterocycles. The van der Waals surface area contributed by atoms with Gasteiger partial charge >= 0.3 is 6.09 Å². The van der Waals surface area contributed by atoms with Gasteiger partial charge < -0.3 is 10.1 Å². The Morgan fingerprint density at radius 1 is 0.745 bits per heavy atom. The molecular weight excluding hydrogens is 574 g/mol. The molecule has 4 aliphatic carbocycles. The van der Waals surface area contributed by atoms with Crippen molar-refractivity contribution in [2.45, 2.75) is 208 Å². The molecule has 4 rings (SSSR count).